The van der Waals surface area contributed by atoms with Gasteiger partial charge in [0.1, 0.15) is 5.15 Å². The molecular weight excluding hydrogens is 433 g/mol. The van der Waals surface area contributed by atoms with Gasteiger partial charge >= 0.3 is 5.97 Å². The highest BCUT2D eigenvalue weighted by Crippen LogP contribution is 2.29. The summed E-state index contributed by atoms with van der Waals surface area (Å²) in [5, 5.41) is 5.67. The van der Waals surface area contributed by atoms with Gasteiger partial charge in [-0.05, 0) is 50.3 Å². The lowest BCUT2D eigenvalue weighted by Crippen LogP contribution is -2.05. The van der Waals surface area contributed by atoms with Crippen LogP contribution in [0.25, 0.3) is 11.8 Å². The molecule has 1 aromatic heterocycles. The number of carbonyl (C=O) groups excluding carboxylic acids is 1. The molecule has 1 aliphatic heterocycles. The van der Waals surface area contributed by atoms with Gasteiger partial charge in [-0.2, -0.15) is 5.10 Å². The third kappa shape index (κ3) is 3.81. The first-order valence-corrected chi connectivity index (χ1v) is 9.77. The van der Waals surface area contributed by atoms with Crippen molar-refractivity contribution in [3.05, 3.63) is 85.7 Å². The van der Waals surface area contributed by atoms with E-state index in [9.17, 15) is 4.79 Å². The molecule has 0 fully saturated rings. The van der Waals surface area contributed by atoms with Crippen LogP contribution >= 0.6 is 34.8 Å². The van der Waals surface area contributed by atoms with Crippen molar-refractivity contribution in [2.24, 2.45) is 4.99 Å². The molecule has 0 radical (unpaired) electrons. The van der Waals surface area contributed by atoms with Gasteiger partial charge in [0.05, 0.1) is 22.0 Å². The average molecular weight is 447 g/mol. The van der Waals surface area contributed by atoms with E-state index in [1.807, 2.05) is 38.1 Å². The molecule has 1 aliphatic rings. The Hall–Kier alpha value is -2.60. The van der Waals surface area contributed by atoms with Crippen LogP contribution in [0.1, 0.15) is 22.4 Å². The zero-order chi connectivity index (χ0) is 20.7. The summed E-state index contributed by atoms with van der Waals surface area (Å²) in [6.07, 6.45) is 1.56. The van der Waals surface area contributed by atoms with Crippen molar-refractivity contribution in [2.45, 2.75) is 13.8 Å². The predicted molar refractivity (Wildman–Crippen MR) is 115 cm³/mol. The Labute approximate surface area is 182 Å². The zero-order valence-corrected chi connectivity index (χ0v) is 17.7. The third-order valence-electron chi connectivity index (χ3n) is 4.39. The number of hydrogen-bond acceptors (Lipinski definition) is 4. The summed E-state index contributed by atoms with van der Waals surface area (Å²) in [6, 6.07) is 12.6. The first-order valence-electron chi connectivity index (χ1n) is 8.63. The Morgan fingerprint density at radius 2 is 1.76 bits per heavy atom. The molecule has 0 atom stereocenters. The maximum Gasteiger partial charge on any atom is 0.363 e. The number of benzene rings is 2. The molecule has 0 amide bonds. The van der Waals surface area contributed by atoms with Crippen LogP contribution < -0.4 is 0 Å². The van der Waals surface area contributed by atoms with Crippen molar-refractivity contribution in [1.82, 2.24) is 9.78 Å². The monoisotopic (exact) mass is 445 g/mol. The molecule has 4 rings (SSSR count). The SMILES string of the molecule is Cc1ccc(-n2nc(C)c(/C=C3\N=C(c4ccc(Cl)cc4Cl)OC3=O)c2Cl)cc1. The fraction of sp³-hybridized carbons (Fsp3) is 0.0952. The highest BCUT2D eigenvalue weighted by Gasteiger charge is 2.27. The standard InChI is InChI=1S/C21H14Cl3N3O2/c1-11-3-6-14(7-4-11)27-19(24)16(12(2)26-27)10-18-21(28)29-20(25-18)15-8-5-13(22)9-17(15)23/h3-10H,1-2H3/b18-10-. The summed E-state index contributed by atoms with van der Waals surface area (Å²) in [7, 11) is 0. The molecule has 0 unspecified atom stereocenters. The maximum atomic E-state index is 12.3. The molecule has 2 aromatic carbocycles. The number of hydrogen-bond donors (Lipinski definition) is 0. The predicted octanol–water partition coefficient (Wildman–Crippen LogP) is 5.79. The van der Waals surface area contributed by atoms with Gasteiger partial charge in [0.2, 0.25) is 5.90 Å². The van der Waals surface area contributed by atoms with Crippen molar-refractivity contribution < 1.29 is 9.53 Å². The molecule has 0 spiro atoms. The molecule has 0 N–H and O–H groups in total. The van der Waals surface area contributed by atoms with Gasteiger partial charge in [0.15, 0.2) is 5.70 Å². The summed E-state index contributed by atoms with van der Waals surface area (Å²) in [5.74, 6) is -0.479. The Kier molecular flexibility index (Phi) is 5.21. The van der Waals surface area contributed by atoms with Crippen LogP contribution in [0.4, 0.5) is 0 Å². The topological polar surface area (TPSA) is 56.5 Å². The Morgan fingerprint density at radius 1 is 1.03 bits per heavy atom. The van der Waals surface area contributed by atoms with Crippen LogP contribution in [-0.4, -0.2) is 21.6 Å². The van der Waals surface area contributed by atoms with Crippen molar-refractivity contribution in [2.75, 3.05) is 0 Å². The van der Waals surface area contributed by atoms with E-state index in [1.165, 1.54) is 0 Å². The van der Waals surface area contributed by atoms with Crippen LogP contribution in [0, 0.1) is 13.8 Å². The lowest BCUT2D eigenvalue weighted by molar-refractivity contribution is -0.129. The smallest absolute Gasteiger partial charge is 0.363 e. The molecular formula is C21H14Cl3N3O2. The van der Waals surface area contributed by atoms with Crippen LogP contribution in [0.3, 0.4) is 0 Å². The van der Waals surface area contributed by atoms with Gasteiger partial charge in [0, 0.05) is 10.6 Å². The highest BCUT2D eigenvalue weighted by atomic mass is 35.5. The number of esters is 1. The third-order valence-corrected chi connectivity index (χ3v) is 5.30. The normalized spacial score (nSPS) is 15.0. The molecule has 3 aromatic rings. The minimum atomic E-state index is -0.593. The number of cyclic esters (lactones) is 1. The summed E-state index contributed by atoms with van der Waals surface area (Å²) in [6.45, 7) is 3.81. The second kappa shape index (κ2) is 7.67. The number of rotatable bonds is 3. The van der Waals surface area contributed by atoms with Crippen LogP contribution in [0.15, 0.2) is 53.2 Å². The minimum absolute atomic E-state index is 0.111. The maximum absolute atomic E-state index is 12.3. The van der Waals surface area contributed by atoms with E-state index in [1.54, 1.807) is 29.0 Å². The van der Waals surface area contributed by atoms with Crippen molar-refractivity contribution in [3.8, 4) is 5.69 Å². The summed E-state index contributed by atoms with van der Waals surface area (Å²) in [4.78, 5) is 16.6. The van der Waals surface area contributed by atoms with Gasteiger partial charge in [-0.1, -0.05) is 52.5 Å². The number of aliphatic imine (C=N–C) groups is 1. The molecule has 2 heterocycles. The number of aryl methyl sites for hydroxylation is 2. The molecule has 29 heavy (non-hydrogen) atoms. The molecule has 0 aliphatic carbocycles. The summed E-state index contributed by atoms with van der Waals surface area (Å²) in [5.41, 5.74) is 3.79. The van der Waals surface area contributed by atoms with E-state index in [0.717, 1.165) is 11.3 Å². The minimum Gasteiger partial charge on any atom is -0.402 e. The van der Waals surface area contributed by atoms with Crippen molar-refractivity contribution in [1.29, 1.82) is 0 Å². The highest BCUT2D eigenvalue weighted by molar-refractivity contribution is 6.37. The summed E-state index contributed by atoms with van der Waals surface area (Å²) >= 11 is 18.7. The van der Waals surface area contributed by atoms with Gasteiger partial charge in [0.25, 0.3) is 0 Å². The Balaban J connectivity index is 1.73. The van der Waals surface area contributed by atoms with E-state index >= 15 is 0 Å². The largest absolute Gasteiger partial charge is 0.402 e. The second-order valence-corrected chi connectivity index (χ2v) is 7.70. The molecule has 146 valence electrons. The van der Waals surface area contributed by atoms with Gasteiger partial charge in [-0.15, -0.1) is 0 Å². The molecule has 0 saturated carbocycles. The lowest BCUT2D eigenvalue weighted by Gasteiger charge is -2.03. The Bertz CT molecular complexity index is 1190. The van der Waals surface area contributed by atoms with E-state index in [-0.39, 0.29) is 11.6 Å². The number of carbonyl (C=O) groups is 1. The molecule has 8 heteroatoms. The Morgan fingerprint density at radius 3 is 2.45 bits per heavy atom. The van der Waals surface area contributed by atoms with Gasteiger partial charge in [-0.25, -0.2) is 14.5 Å². The van der Waals surface area contributed by atoms with Crippen LogP contribution in [-0.2, 0) is 9.53 Å². The van der Waals surface area contributed by atoms with E-state index in [4.69, 9.17) is 39.5 Å². The lowest BCUT2D eigenvalue weighted by atomic mass is 10.2. The molecule has 0 bridgehead atoms. The van der Waals surface area contributed by atoms with Crippen molar-refractivity contribution in [3.63, 3.8) is 0 Å². The zero-order valence-electron chi connectivity index (χ0n) is 15.4. The number of aromatic nitrogens is 2. The first kappa shape index (κ1) is 19.7. The van der Waals surface area contributed by atoms with Gasteiger partial charge in [-0.3, -0.25) is 0 Å². The quantitative estimate of drug-likeness (QED) is 0.378. The fourth-order valence-corrected chi connectivity index (χ4v) is 3.67. The van der Waals surface area contributed by atoms with E-state index in [2.05, 4.69) is 10.1 Å². The van der Waals surface area contributed by atoms with Crippen molar-refractivity contribution >= 4 is 52.7 Å². The van der Waals surface area contributed by atoms with E-state index < -0.39 is 5.97 Å². The van der Waals surface area contributed by atoms with Crippen LogP contribution in [0.5, 0.6) is 0 Å². The average Bonchev–Trinajstić information content (AvgIpc) is 3.17. The number of halogens is 3. The molecule has 5 nitrogen and oxygen atoms in total. The van der Waals surface area contributed by atoms with E-state index in [0.29, 0.717) is 32.0 Å². The van der Waals surface area contributed by atoms with Crippen LogP contribution in [0.2, 0.25) is 15.2 Å². The second-order valence-electron chi connectivity index (χ2n) is 6.50. The van der Waals surface area contributed by atoms with Gasteiger partial charge < -0.3 is 4.74 Å². The fourth-order valence-electron chi connectivity index (χ4n) is 2.86. The first-order chi connectivity index (χ1) is 13.8. The molecule has 0 saturated heterocycles. The summed E-state index contributed by atoms with van der Waals surface area (Å²) < 4.78 is 6.90. The number of ether oxygens (including phenoxy) is 1. The number of nitrogens with zero attached hydrogens (tertiary/aromatic N) is 3.